The summed E-state index contributed by atoms with van der Waals surface area (Å²) < 4.78 is 7.21. The maximum atomic E-state index is 12.1. The average Bonchev–Trinajstić information content (AvgIpc) is 3.21. The molecule has 0 saturated heterocycles. The van der Waals surface area contributed by atoms with Crippen LogP contribution in [0.2, 0.25) is 0 Å². The summed E-state index contributed by atoms with van der Waals surface area (Å²) >= 11 is 0. The lowest BCUT2D eigenvalue weighted by molar-refractivity contribution is -0.123. The molecule has 1 aromatic carbocycles. The Bertz CT molecular complexity index is 936. The SMILES string of the molecule is Cc1ccc(C)c(OCC(=O)NNC(=O)c2ccc(-n3ccnc3)nc2)c1. The summed E-state index contributed by atoms with van der Waals surface area (Å²) in [5, 5.41) is 0. The van der Waals surface area contributed by atoms with Gasteiger partial charge in [0.25, 0.3) is 11.8 Å². The molecular formula is C19H19N5O3. The Balaban J connectivity index is 1.49. The van der Waals surface area contributed by atoms with E-state index in [4.69, 9.17) is 4.74 Å². The van der Waals surface area contributed by atoms with Crippen molar-refractivity contribution in [2.24, 2.45) is 0 Å². The van der Waals surface area contributed by atoms with E-state index in [-0.39, 0.29) is 6.61 Å². The number of ether oxygens (including phenoxy) is 1. The number of hydrogen-bond acceptors (Lipinski definition) is 5. The molecule has 0 fully saturated rings. The minimum Gasteiger partial charge on any atom is -0.483 e. The van der Waals surface area contributed by atoms with Crippen LogP contribution in [-0.2, 0) is 4.79 Å². The van der Waals surface area contributed by atoms with E-state index < -0.39 is 11.8 Å². The summed E-state index contributed by atoms with van der Waals surface area (Å²) in [6.07, 6.45) is 6.41. The average molecular weight is 365 g/mol. The molecule has 0 bridgehead atoms. The third kappa shape index (κ3) is 4.69. The maximum Gasteiger partial charge on any atom is 0.276 e. The van der Waals surface area contributed by atoms with Gasteiger partial charge in [0.1, 0.15) is 17.9 Å². The molecule has 27 heavy (non-hydrogen) atoms. The Labute approximate surface area is 156 Å². The molecule has 0 spiro atoms. The van der Waals surface area contributed by atoms with E-state index in [1.54, 1.807) is 35.4 Å². The zero-order valence-corrected chi connectivity index (χ0v) is 15.0. The van der Waals surface area contributed by atoms with Crippen LogP contribution in [-0.4, -0.2) is 33.0 Å². The summed E-state index contributed by atoms with van der Waals surface area (Å²) in [6.45, 7) is 3.63. The number of carbonyl (C=O) groups excluding carboxylic acids is 2. The molecular weight excluding hydrogens is 346 g/mol. The number of pyridine rings is 1. The Kier molecular flexibility index (Phi) is 5.46. The third-order valence-corrected chi connectivity index (χ3v) is 3.80. The van der Waals surface area contributed by atoms with Crippen molar-refractivity contribution in [3.05, 3.63) is 71.9 Å². The van der Waals surface area contributed by atoms with Crippen LogP contribution in [0.4, 0.5) is 0 Å². The number of aromatic nitrogens is 3. The van der Waals surface area contributed by atoms with Gasteiger partial charge in [0.15, 0.2) is 6.61 Å². The molecule has 2 amide bonds. The Morgan fingerprint density at radius 1 is 1.15 bits per heavy atom. The largest absolute Gasteiger partial charge is 0.483 e. The van der Waals surface area contributed by atoms with Crippen molar-refractivity contribution in [3.8, 4) is 11.6 Å². The number of amides is 2. The fourth-order valence-electron chi connectivity index (χ4n) is 2.31. The molecule has 8 nitrogen and oxygen atoms in total. The molecule has 2 aromatic heterocycles. The van der Waals surface area contributed by atoms with Crippen molar-refractivity contribution in [3.63, 3.8) is 0 Å². The van der Waals surface area contributed by atoms with E-state index in [2.05, 4.69) is 20.8 Å². The van der Waals surface area contributed by atoms with Gasteiger partial charge in [-0.15, -0.1) is 0 Å². The second-order valence-corrected chi connectivity index (χ2v) is 5.93. The van der Waals surface area contributed by atoms with Gasteiger partial charge in [-0.3, -0.25) is 25.0 Å². The summed E-state index contributed by atoms with van der Waals surface area (Å²) in [7, 11) is 0. The Morgan fingerprint density at radius 2 is 2.00 bits per heavy atom. The standard InChI is InChI=1S/C19H19N5O3/c1-13-3-4-14(2)16(9-13)27-11-18(25)22-23-19(26)15-5-6-17(21-10-15)24-8-7-20-12-24/h3-10,12H,11H2,1-2H3,(H,22,25)(H,23,26). The van der Waals surface area contributed by atoms with Crippen LogP contribution < -0.4 is 15.6 Å². The first kappa shape index (κ1) is 18.1. The highest BCUT2D eigenvalue weighted by Gasteiger charge is 2.10. The number of hydrazine groups is 1. The molecule has 138 valence electrons. The maximum absolute atomic E-state index is 12.1. The van der Waals surface area contributed by atoms with Crippen LogP contribution >= 0.6 is 0 Å². The van der Waals surface area contributed by atoms with E-state index in [0.717, 1.165) is 11.1 Å². The molecule has 0 radical (unpaired) electrons. The van der Waals surface area contributed by atoms with Gasteiger partial charge in [-0.25, -0.2) is 9.97 Å². The number of nitrogens with one attached hydrogen (secondary N) is 2. The first-order chi connectivity index (χ1) is 13.0. The van der Waals surface area contributed by atoms with Crippen LogP contribution in [0.25, 0.3) is 5.82 Å². The molecule has 0 aliphatic carbocycles. The minimum atomic E-state index is -0.472. The van der Waals surface area contributed by atoms with Crippen LogP contribution in [0.1, 0.15) is 21.5 Å². The van der Waals surface area contributed by atoms with Crippen molar-refractivity contribution in [2.75, 3.05) is 6.61 Å². The van der Waals surface area contributed by atoms with E-state index >= 15 is 0 Å². The summed E-state index contributed by atoms with van der Waals surface area (Å²) in [4.78, 5) is 32.1. The van der Waals surface area contributed by atoms with Gasteiger partial charge in [-0.1, -0.05) is 12.1 Å². The Morgan fingerprint density at radius 3 is 2.70 bits per heavy atom. The van der Waals surface area contributed by atoms with Crippen LogP contribution in [0.15, 0.2) is 55.2 Å². The lowest BCUT2D eigenvalue weighted by Gasteiger charge is -2.11. The first-order valence-corrected chi connectivity index (χ1v) is 8.26. The summed E-state index contributed by atoms with van der Waals surface area (Å²) in [6, 6.07) is 9.03. The van der Waals surface area contributed by atoms with E-state index in [9.17, 15) is 9.59 Å². The van der Waals surface area contributed by atoms with Crippen molar-refractivity contribution in [1.82, 2.24) is 25.4 Å². The highest BCUT2D eigenvalue weighted by Crippen LogP contribution is 2.18. The highest BCUT2D eigenvalue weighted by molar-refractivity contribution is 5.95. The number of benzene rings is 1. The lowest BCUT2D eigenvalue weighted by Crippen LogP contribution is -2.43. The van der Waals surface area contributed by atoms with E-state index in [0.29, 0.717) is 17.1 Å². The molecule has 0 saturated carbocycles. The smallest absolute Gasteiger partial charge is 0.276 e. The zero-order valence-electron chi connectivity index (χ0n) is 15.0. The van der Waals surface area contributed by atoms with Crippen LogP contribution in [0.3, 0.4) is 0 Å². The number of carbonyl (C=O) groups is 2. The summed E-state index contributed by atoms with van der Waals surface area (Å²) in [5.41, 5.74) is 6.94. The Hall–Kier alpha value is -3.68. The number of hydrogen-bond donors (Lipinski definition) is 2. The molecule has 0 aliphatic rings. The predicted octanol–water partition coefficient (Wildman–Crippen LogP) is 1.72. The van der Waals surface area contributed by atoms with E-state index in [1.807, 2.05) is 32.0 Å². The van der Waals surface area contributed by atoms with Gasteiger partial charge in [0.05, 0.1) is 5.56 Å². The molecule has 0 unspecified atom stereocenters. The van der Waals surface area contributed by atoms with Crippen molar-refractivity contribution in [2.45, 2.75) is 13.8 Å². The molecule has 2 heterocycles. The van der Waals surface area contributed by atoms with Gasteiger partial charge in [-0.2, -0.15) is 0 Å². The summed E-state index contributed by atoms with van der Waals surface area (Å²) in [5.74, 6) is 0.331. The van der Waals surface area contributed by atoms with Crippen LogP contribution in [0, 0.1) is 13.8 Å². The van der Waals surface area contributed by atoms with Gasteiger partial charge in [-0.05, 0) is 43.2 Å². The quantitative estimate of drug-likeness (QED) is 0.671. The number of aryl methyl sites for hydroxylation is 2. The molecule has 3 rings (SSSR count). The number of nitrogens with zero attached hydrogens (tertiary/aromatic N) is 3. The van der Waals surface area contributed by atoms with Gasteiger partial charge >= 0.3 is 0 Å². The topological polar surface area (TPSA) is 98.1 Å². The van der Waals surface area contributed by atoms with Crippen molar-refractivity contribution >= 4 is 11.8 Å². The molecule has 2 N–H and O–H groups in total. The minimum absolute atomic E-state index is 0.206. The van der Waals surface area contributed by atoms with Crippen LogP contribution in [0.5, 0.6) is 5.75 Å². The third-order valence-electron chi connectivity index (χ3n) is 3.80. The fraction of sp³-hybridized carbons (Fsp3) is 0.158. The van der Waals surface area contributed by atoms with Gasteiger partial charge < -0.3 is 4.74 Å². The number of imidazole rings is 1. The normalized spacial score (nSPS) is 10.3. The molecule has 0 aliphatic heterocycles. The molecule has 3 aromatic rings. The lowest BCUT2D eigenvalue weighted by atomic mass is 10.1. The second-order valence-electron chi connectivity index (χ2n) is 5.93. The monoisotopic (exact) mass is 365 g/mol. The number of rotatable bonds is 5. The van der Waals surface area contributed by atoms with Crippen molar-refractivity contribution in [1.29, 1.82) is 0 Å². The fourth-order valence-corrected chi connectivity index (χ4v) is 2.31. The molecule has 0 atom stereocenters. The second kappa shape index (κ2) is 8.13. The highest BCUT2D eigenvalue weighted by atomic mass is 16.5. The van der Waals surface area contributed by atoms with Gasteiger partial charge in [0.2, 0.25) is 0 Å². The first-order valence-electron chi connectivity index (χ1n) is 8.26. The van der Waals surface area contributed by atoms with Crippen molar-refractivity contribution < 1.29 is 14.3 Å². The van der Waals surface area contributed by atoms with Gasteiger partial charge in [0, 0.05) is 18.6 Å². The predicted molar refractivity (Wildman–Crippen MR) is 98.4 cm³/mol. The zero-order chi connectivity index (χ0) is 19.2. The van der Waals surface area contributed by atoms with E-state index in [1.165, 1.54) is 6.20 Å². The molecule has 8 heteroatoms.